The Morgan fingerprint density at radius 1 is 0.943 bits per heavy atom. The van der Waals surface area contributed by atoms with E-state index in [1.165, 1.54) is 11.8 Å². The second-order valence-corrected chi connectivity index (χ2v) is 9.94. The molecule has 1 amide bonds. The second-order valence-electron chi connectivity index (χ2n) is 7.77. The molecule has 1 aliphatic rings. The molecular formula is C28H27IN2O3S. The van der Waals surface area contributed by atoms with Crippen molar-refractivity contribution in [2.45, 2.75) is 26.9 Å². The summed E-state index contributed by atoms with van der Waals surface area (Å²) in [6.07, 6.45) is 1.91. The van der Waals surface area contributed by atoms with Crippen molar-refractivity contribution in [2.24, 2.45) is 4.99 Å². The summed E-state index contributed by atoms with van der Waals surface area (Å²) in [6.45, 7) is 5.98. The normalized spacial score (nSPS) is 15.7. The smallest absolute Gasteiger partial charge is 0.267 e. The third-order valence-corrected chi connectivity index (χ3v) is 7.08. The highest BCUT2D eigenvalue weighted by Gasteiger charge is 2.33. The molecule has 0 aromatic heterocycles. The summed E-state index contributed by atoms with van der Waals surface area (Å²) in [5.41, 5.74) is 3.05. The predicted octanol–water partition coefficient (Wildman–Crippen LogP) is 6.76. The first-order chi connectivity index (χ1) is 17.1. The van der Waals surface area contributed by atoms with Crippen LogP contribution >= 0.6 is 34.4 Å². The lowest BCUT2D eigenvalue weighted by atomic mass is 10.1. The first kappa shape index (κ1) is 25.3. The van der Waals surface area contributed by atoms with Crippen molar-refractivity contribution in [3.8, 4) is 11.5 Å². The number of hydrogen-bond acceptors (Lipinski definition) is 5. The van der Waals surface area contributed by atoms with Crippen LogP contribution in [0, 0.1) is 3.57 Å². The van der Waals surface area contributed by atoms with Crippen LogP contribution in [0.4, 0.5) is 0 Å². The Kier molecular flexibility index (Phi) is 8.87. The first-order valence-electron chi connectivity index (χ1n) is 11.5. The maximum atomic E-state index is 13.5. The maximum Gasteiger partial charge on any atom is 0.267 e. The van der Waals surface area contributed by atoms with E-state index < -0.39 is 0 Å². The highest BCUT2D eigenvalue weighted by atomic mass is 127. The number of thioether (sulfide) groups is 1. The number of carbonyl (C=O) groups excluding carboxylic acids is 1. The molecule has 7 heteroatoms. The number of hydrogen-bond donors (Lipinski definition) is 0. The number of halogens is 1. The van der Waals surface area contributed by atoms with E-state index in [-0.39, 0.29) is 5.91 Å². The van der Waals surface area contributed by atoms with Crippen molar-refractivity contribution >= 4 is 51.5 Å². The van der Waals surface area contributed by atoms with Gasteiger partial charge in [0.2, 0.25) is 0 Å². The molecule has 0 spiro atoms. The van der Waals surface area contributed by atoms with Crippen LogP contribution in [0.1, 0.15) is 30.5 Å². The van der Waals surface area contributed by atoms with Crippen LogP contribution in [0.2, 0.25) is 0 Å². The van der Waals surface area contributed by atoms with Gasteiger partial charge in [-0.25, -0.2) is 0 Å². The average Bonchev–Trinajstić information content (AvgIpc) is 3.15. The van der Waals surface area contributed by atoms with E-state index in [9.17, 15) is 4.79 Å². The van der Waals surface area contributed by atoms with Crippen molar-refractivity contribution in [3.63, 3.8) is 0 Å². The Balaban J connectivity index is 1.66. The Bertz CT molecular complexity index is 1230. The number of carbonyl (C=O) groups is 1. The van der Waals surface area contributed by atoms with E-state index in [1.807, 2.05) is 92.7 Å². The van der Waals surface area contributed by atoms with Gasteiger partial charge in [0.15, 0.2) is 16.7 Å². The van der Waals surface area contributed by atoms with Gasteiger partial charge in [0.05, 0.1) is 34.8 Å². The molecule has 1 fully saturated rings. The summed E-state index contributed by atoms with van der Waals surface area (Å²) in [7, 11) is 0. The van der Waals surface area contributed by atoms with Crippen LogP contribution in [0.25, 0.3) is 6.08 Å². The van der Waals surface area contributed by atoms with E-state index in [0.717, 1.165) is 26.0 Å². The van der Waals surface area contributed by atoms with Crippen molar-refractivity contribution in [1.82, 2.24) is 4.90 Å². The van der Waals surface area contributed by atoms with Crippen LogP contribution in [-0.4, -0.2) is 29.2 Å². The van der Waals surface area contributed by atoms with E-state index in [4.69, 9.17) is 14.5 Å². The van der Waals surface area contributed by atoms with Gasteiger partial charge in [-0.1, -0.05) is 60.7 Å². The summed E-state index contributed by atoms with van der Waals surface area (Å²) in [5.74, 6) is 1.37. The number of aliphatic imine (C=N–C) groups is 1. The standard InChI is InChI=1S/C28H27IN2O3S/c1-3-33-24-16-22(15-23(29)26(24)34-4-2)17-25-27(32)31(19-21-13-9-6-10-14-21)28(35-25)30-18-20-11-7-5-8-12-20/h5-17H,3-4,18-19H2,1-2H3/b25-17-,30-28?. The number of amidine groups is 1. The number of nitrogens with zero attached hydrogens (tertiary/aromatic N) is 2. The molecule has 0 bridgehead atoms. The molecule has 1 heterocycles. The molecule has 0 atom stereocenters. The fourth-order valence-corrected chi connectivity index (χ4v) is 5.40. The van der Waals surface area contributed by atoms with Crippen molar-refractivity contribution in [2.75, 3.05) is 13.2 Å². The maximum absolute atomic E-state index is 13.5. The zero-order valence-corrected chi connectivity index (χ0v) is 22.7. The number of rotatable bonds is 9. The molecule has 4 rings (SSSR count). The highest BCUT2D eigenvalue weighted by Crippen LogP contribution is 2.38. The quantitative estimate of drug-likeness (QED) is 0.202. The van der Waals surface area contributed by atoms with Crippen LogP contribution in [-0.2, 0) is 17.9 Å². The lowest BCUT2D eigenvalue weighted by Gasteiger charge is -2.16. The minimum atomic E-state index is -0.0486. The lowest BCUT2D eigenvalue weighted by Crippen LogP contribution is -2.28. The summed E-state index contributed by atoms with van der Waals surface area (Å²) in [6, 6.07) is 24.0. The topological polar surface area (TPSA) is 51.1 Å². The van der Waals surface area contributed by atoms with Gasteiger partial charge >= 0.3 is 0 Å². The summed E-state index contributed by atoms with van der Waals surface area (Å²) < 4.78 is 12.6. The van der Waals surface area contributed by atoms with E-state index in [2.05, 4.69) is 22.6 Å². The average molecular weight is 599 g/mol. The molecule has 5 nitrogen and oxygen atoms in total. The van der Waals surface area contributed by atoms with Crippen LogP contribution < -0.4 is 9.47 Å². The van der Waals surface area contributed by atoms with Gasteiger partial charge in [-0.05, 0) is 83.1 Å². The van der Waals surface area contributed by atoms with Gasteiger partial charge in [-0.2, -0.15) is 0 Å². The third-order valence-electron chi connectivity index (χ3n) is 5.23. The largest absolute Gasteiger partial charge is 0.490 e. The number of ether oxygens (including phenoxy) is 2. The number of benzene rings is 3. The minimum Gasteiger partial charge on any atom is -0.490 e. The summed E-state index contributed by atoms with van der Waals surface area (Å²) in [4.78, 5) is 20.7. The number of amides is 1. The van der Waals surface area contributed by atoms with Crippen molar-refractivity contribution < 1.29 is 14.3 Å². The summed E-state index contributed by atoms with van der Waals surface area (Å²) in [5, 5.41) is 0.708. The van der Waals surface area contributed by atoms with Gasteiger partial charge in [0.1, 0.15) is 0 Å². The fraction of sp³-hybridized carbons (Fsp3) is 0.214. The highest BCUT2D eigenvalue weighted by molar-refractivity contribution is 14.1. The molecule has 3 aromatic carbocycles. The Hall–Kier alpha value is -2.78. The fourth-order valence-electron chi connectivity index (χ4n) is 3.64. The zero-order chi connectivity index (χ0) is 24.6. The minimum absolute atomic E-state index is 0.0486. The van der Waals surface area contributed by atoms with Crippen molar-refractivity contribution in [1.29, 1.82) is 0 Å². The lowest BCUT2D eigenvalue weighted by molar-refractivity contribution is -0.122. The van der Waals surface area contributed by atoms with Gasteiger partial charge in [-0.3, -0.25) is 14.7 Å². The van der Waals surface area contributed by atoms with E-state index >= 15 is 0 Å². The SMILES string of the molecule is CCOc1cc(/C=C2\SC(=NCc3ccccc3)N(Cc3ccccc3)C2=O)cc(I)c1OCC. The molecule has 0 aliphatic carbocycles. The molecule has 180 valence electrons. The Morgan fingerprint density at radius 2 is 1.60 bits per heavy atom. The molecule has 1 aliphatic heterocycles. The molecular weight excluding hydrogens is 571 g/mol. The van der Waals surface area contributed by atoms with Crippen molar-refractivity contribution in [3.05, 3.63) is 98.0 Å². The van der Waals surface area contributed by atoms with E-state index in [1.54, 1.807) is 4.90 Å². The van der Waals surface area contributed by atoms with Gasteiger partial charge < -0.3 is 9.47 Å². The second kappa shape index (κ2) is 12.3. The van der Waals surface area contributed by atoms with Gasteiger partial charge in [0.25, 0.3) is 5.91 Å². The molecule has 3 aromatic rings. The Labute approximate surface area is 224 Å². The first-order valence-corrected chi connectivity index (χ1v) is 13.4. The molecule has 0 unspecified atom stereocenters. The van der Waals surface area contributed by atoms with Crippen LogP contribution in [0.5, 0.6) is 11.5 Å². The summed E-state index contributed by atoms with van der Waals surface area (Å²) >= 11 is 3.66. The predicted molar refractivity (Wildman–Crippen MR) is 152 cm³/mol. The van der Waals surface area contributed by atoms with Crippen LogP contribution in [0.3, 0.4) is 0 Å². The molecule has 1 saturated heterocycles. The van der Waals surface area contributed by atoms with Gasteiger partial charge in [-0.15, -0.1) is 0 Å². The van der Waals surface area contributed by atoms with E-state index in [0.29, 0.717) is 42.1 Å². The Morgan fingerprint density at radius 3 is 2.26 bits per heavy atom. The van der Waals surface area contributed by atoms with Gasteiger partial charge in [0, 0.05) is 0 Å². The zero-order valence-electron chi connectivity index (χ0n) is 19.7. The molecule has 35 heavy (non-hydrogen) atoms. The molecule has 0 radical (unpaired) electrons. The van der Waals surface area contributed by atoms with Crippen LogP contribution in [0.15, 0.2) is 82.7 Å². The molecule has 0 saturated carbocycles. The third kappa shape index (κ3) is 6.46. The monoisotopic (exact) mass is 598 g/mol. The molecule has 0 N–H and O–H groups in total.